The Balaban J connectivity index is 1.63. The fourth-order valence-corrected chi connectivity index (χ4v) is 4.16. The normalized spacial score (nSPS) is 25.0. The van der Waals surface area contributed by atoms with E-state index in [1.807, 2.05) is 23.3 Å². The molecule has 1 unspecified atom stereocenters. The second-order valence-corrected chi connectivity index (χ2v) is 6.33. The first kappa shape index (κ1) is 12.9. The first-order valence-corrected chi connectivity index (χ1v) is 7.86. The lowest BCUT2D eigenvalue weighted by molar-refractivity contribution is 0.0525. The van der Waals surface area contributed by atoms with Gasteiger partial charge in [-0.3, -0.25) is 4.68 Å². The minimum absolute atomic E-state index is 0.0789. The number of aryl methyl sites for hydroxylation is 1. The maximum absolute atomic E-state index is 10.9. The zero-order chi connectivity index (χ0) is 15.6. The summed E-state index contributed by atoms with van der Waals surface area (Å²) in [6.45, 7) is 0.775. The molecule has 23 heavy (non-hydrogen) atoms. The Labute approximate surface area is 133 Å². The lowest BCUT2D eigenvalue weighted by Crippen LogP contribution is -2.31. The van der Waals surface area contributed by atoms with Gasteiger partial charge in [0.15, 0.2) is 0 Å². The Morgan fingerprint density at radius 2 is 2.13 bits per heavy atom. The number of hydrogen-bond acceptors (Lipinski definition) is 4. The van der Waals surface area contributed by atoms with Gasteiger partial charge < -0.3 is 15.4 Å². The van der Waals surface area contributed by atoms with E-state index in [2.05, 4.69) is 32.8 Å². The van der Waals surface area contributed by atoms with Gasteiger partial charge in [0.25, 0.3) is 0 Å². The van der Waals surface area contributed by atoms with E-state index in [9.17, 15) is 5.11 Å². The number of aliphatic hydroxyl groups is 1. The Morgan fingerprint density at radius 3 is 3.04 bits per heavy atom. The molecule has 2 aliphatic rings. The number of aliphatic hydroxyl groups excluding tert-OH is 1. The summed E-state index contributed by atoms with van der Waals surface area (Å²) in [6.07, 6.45) is 4.04. The highest BCUT2D eigenvalue weighted by molar-refractivity contribution is 5.69. The second-order valence-electron chi connectivity index (χ2n) is 6.33. The van der Waals surface area contributed by atoms with Crippen molar-refractivity contribution in [1.82, 2.24) is 19.3 Å². The van der Waals surface area contributed by atoms with Gasteiger partial charge in [-0.05, 0) is 12.0 Å². The predicted molar refractivity (Wildman–Crippen MR) is 85.5 cm³/mol. The molecule has 6 nitrogen and oxygen atoms in total. The summed E-state index contributed by atoms with van der Waals surface area (Å²) >= 11 is 0. The Hall–Kier alpha value is -2.60. The van der Waals surface area contributed by atoms with Gasteiger partial charge in [-0.15, -0.1) is 0 Å². The maximum Gasteiger partial charge on any atom is 0.145 e. The summed E-state index contributed by atoms with van der Waals surface area (Å²) in [5.74, 6) is 0.546. The average Bonchev–Trinajstić information content (AvgIpc) is 3.22. The van der Waals surface area contributed by atoms with Gasteiger partial charge in [0, 0.05) is 24.1 Å². The van der Waals surface area contributed by atoms with Gasteiger partial charge in [-0.1, -0.05) is 24.3 Å². The highest BCUT2D eigenvalue weighted by Gasteiger charge is 2.41. The molecule has 2 aromatic heterocycles. The molecule has 5 rings (SSSR count). The Kier molecular flexibility index (Phi) is 2.50. The topological polar surface area (TPSA) is 81.9 Å². The quantitative estimate of drug-likeness (QED) is 0.720. The first-order chi connectivity index (χ1) is 11.2. The molecule has 0 fully saturated rings. The molecule has 6 heteroatoms. The molecular formula is C17H17N5O. The van der Waals surface area contributed by atoms with Crippen LogP contribution in [0.5, 0.6) is 0 Å². The number of rotatable bonds is 1. The van der Waals surface area contributed by atoms with Gasteiger partial charge in [-0.2, -0.15) is 5.10 Å². The minimum atomic E-state index is -0.583. The highest BCUT2D eigenvalue weighted by Crippen LogP contribution is 2.48. The number of aromatic nitrogens is 4. The van der Waals surface area contributed by atoms with Crippen molar-refractivity contribution in [2.75, 3.05) is 5.73 Å². The molecule has 0 aliphatic carbocycles. The van der Waals surface area contributed by atoms with Crippen LogP contribution in [0.25, 0.3) is 11.3 Å². The van der Waals surface area contributed by atoms with E-state index in [4.69, 9.17) is 5.73 Å². The summed E-state index contributed by atoms with van der Waals surface area (Å²) in [5, 5.41) is 15.2. The molecule has 3 aromatic rings. The van der Waals surface area contributed by atoms with Crippen LogP contribution in [0.3, 0.4) is 0 Å². The first-order valence-electron chi connectivity index (χ1n) is 7.86. The van der Waals surface area contributed by atoms with Gasteiger partial charge in [0.05, 0.1) is 30.0 Å². The fourth-order valence-electron chi connectivity index (χ4n) is 4.16. The van der Waals surface area contributed by atoms with Crippen molar-refractivity contribution in [1.29, 1.82) is 0 Å². The van der Waals surface area contributed by atoms with Crippen molar-refractivity contribution < 1.29 is 5.11 Å². The van der Waals surface area contributed by atoms with Gasteiger partial charge in [0.2, 0.25) is 0 Å². The number of fused-ring (bicyclic) bond motifs is 4. The third kappa shape index (κ3) is 1.66. The Morgan fingerprint density at radius 1 is 1.26 bits per heavy atom. The summed E-state index contributed by atoms with van der Waals surface area (Å²) in [5.41, 5.74) is 10.2. The van der Waals surface area contributed by atoms with Gasteiger partial charge in [0.1, 0.15) is 11.9 Å². The molecule has 3 N–H and O–H groups in total. The molecule has 0 saturated heterocycles. The molecule has 0 spiro atoms. The SMILES string of the molecule is Nc1cc2n(n1)CC[C@H](C1c3ccccc3-c3cncn31)[C@H]2O. The van der Waals surface area contributed by atoms with Gasteiger partial charge in [-0.25, -0.2) is 4.98 Å². The third-order valence-corrected chi connectivity index (χ3v) is 5.14. The molecule has 0 radical (unpaired) electrons. The van der Waals surface area contributed by atoms with Crippen molar-refractivity contribution in [2.45, 2.75) is 25.1 Å². The van der Waals surface area contributed by atoms with E-state index in [1.54, 1.807) is 6.07 Å². The molecule has 4 heterocycles. The lowest BCUT2D eigenvalue weighted by Gasteiger charge is -2.34. The smallest absolute Gasteiger partial charge is 0.145 e. The van der Waals surface area contributed by atoms with Crippen molar-refractivity contribution in [3.8, 4) is 11.3 Å². The molecule has 2 aliphatic heterocycles. The van der Waals surface area contributed by atoms with Crippen LogP contribution in [0.4, 0.5) is 5.82 Å². The standard InChI is InChI=1S/C17H17N5O/c18-15-7-13-17(23)12(5-6-22(13)20-15)16-11-4-2-1-3-10(11)14-8-19-9-21(14)16/h1-4,7-9,12,16-17,23H,5-6H2,(H2,18,20)/t12-,16?,17-/m1/s1. The van der Waals surface area contributed by atoms with Gasteiger partial charge >= 0.3 is 0 Å². The summed E-state index contributed by atoms with van der Waals surface area (Å²) in [7, 11) is 0. The molecule has 1 aromatic carbocycles. The van der Waals surface area contributed by atoms with Crippen LogP contribution in [0, 0.1) is 5.92 Å². The maximum atomic E-state index is 10.9. The van der Waals surface area contributed by atoms with Crippen LogP contribution in [-0.4, -0.2) is 24.4 Å². The molecule has 0 saturated carbocycles. The van der Waals surface area contributed by atoms with Crippen LogP contribution in [0.1, 0.15) is 29.8 Å². The van der Waals surface area contributed by atoms with Crippen molar-refractivity contribution in [3.05, 3.63) is 54.1 Å². The van der Waals surface area contributed by atoms with Crippen LogP contribution < -0.4 is 5.73 Å². The van der Waals surface area contributed by atoms with Crippen LogP contribution in [0.15, 0.2) is 42.9 Å². The van der Waals surface area contributed by atoms with E-state index in [0.29, 0.717) is 5.82 Å². The molecule has 0 amide bonds. The number of nitrogen functional groups attached to an aromatic ring is 1. The van der Waals surface area contributed by atoms with Crippen LogP contribution in [-0.2, 0) is 6.54 Å². The van der Waals surface area contributed by atoms with E-state index in [1.165, 1.54) is 11.1 Å². The van der Waals surface area contributed by atoms with E-state index < -0.39 is 6.10 Å². The monoisotopic (exact) mass is 307 g/mol. The summed E-state index contributed by atoms with van der Waals surface area (Å²) in [4.78, 5) is 4.30. The number of hydrogen-bond donors (Lipinski definition) is 2. The van der Waals surface area contributed by atoms with E-state index in [0.717, 1.165) is 24.4 Å². The Bertz CT molecular complexity index is 896. The molecule has 116 valence electrons. The number of nitrogens with two attached hydrogens (primary N) is 1. The molecular weight excluding hydrogens is 290 g/mol. The highest BCUT2D eigenvalue weighted by atomic mass is 16.3. The zero-order valence-electron chi connectivity index (χ0n) is 12.5. The lowest BCUT2D eigenvalue weighted by atomic mass is 9.83. The number of benzene rings is 1. The number of imidazole rings is 1. The molecule has 3 atom stereocenters. The van der Waals surface area contributed by atoms with Crippen LogP contribution in [0.2, 0.25) is 0 Å². The average molecular weight is 307 g/mol. The second kappa shape index (κ2) is 4.45. The minimum Gasteiger partial charge on any atom is -0.386 e. The third-order valence-electron chi connectivity index (χ3n) is 5.14. The number of nitrogens with zero attached hydrogens (tertiary/aromatic N) is 4. The summed E-state index contributed by atoms with van der Waals surface area (Å²) in [6, 6.07) is 10.3. The van der Waals surface area contributed by atoms with Crippen molar-refractivity contribution in [3.63, 3.8) is 0 Å². The number of anilines is 1. The zero-order valence-corrected chi connectivity index (χ0v) is 12.5. The predicted octanol–water partition coefficient (Wildman–Crippen LogP) is 1.99. The van der Waals surface area contributed by atoms with E-state index in [-0.39, 0.29) is 12.0 Å². The van der Waals surface area contributed by atoms with Crippen LogP contribution >= 0.6 is 0 Å². The van der Waals surface area contributed by atoms with Crippen molar-refractivity contribution >= 4 is 5.82 Å². The van der Waals surface area contributed by atoms with Crippen molar-refractivity contribution in [2.24, 2.45) is 5.92 Å². The summed E-state index contributed by atoms with van der Waals surface area (Å²) < 4.78 is 4.01. The van der Waals surface area contributed by atoms with E-state index >= 15 is 0 Å². The molecule has 0 bridgehead atoms. The fraction of sp³-hybridized carbons (Fsp3) is 0.294. The largest absolute Gasteiger partial charge is 0.386 e.